The van der Waals surface area contributed by atoms with E-state index in [0.717, 1.165) is 5.56 Å². The second-order valence-corrected chi connectivity index (χ2v) is 4.29. The average molecular weight is 205 g/mol. The molecule has 81 valence electrons. The molecule has 1 aromatic carbocycles. The van der Waals surface area contributed by atoms with Gasteiger partial charge < -0.3 is 4.74 Å². The number of hydrogen-bond acceptors (Lipinski definition) is 2. The molecule has 0 amide bonds. The smallest absolute Gasteiger partial charge is 0.418 e. The summed E-state index contributed by atoms with van der Waals surface area (Å²) in [4.78, 5) is 10.2. The summed E-state index contributed by atoms with van der Waals surface area (Å²) in [6, 6.07) is 5.93. The highest BCUT2D eigenvalue weighted by Crippen LogP contribution is 2.29. The Bertz CT molecular complexity index is 340. The lowest BCUT2D eigenvalue weighted by molar-refractivity contribution is 0.438. The molecule has 0 saturated carbocycles. The molecule has 0 aromatic heterocycles. The third-order valence-corrected chi connectivity index (χ3v) is 2.47. The molecule has 0 aliphatic carbocycles. The van der Waals surface area contributed by atoms with E-state index < -0.39 is 0 Å². The van der Waals surface area contributed by atoms with Crippen molar-refractivity contribution in [3.63, 3.8) is 0 Å². The van der Waals surface area contributed by atoms with Crippen LogP contribution in [-0.4, -0.2) is 6.47 Å². The second-order valence-electron chi connectivity index (χ2n) is 4.29. The van der Waals surface area contributed by atoms with Crippen LogP contribution in [0.3, 0.4) is 0 Å². The van der Waals surface area contributed by atoms with Crippen molar-refractivity contribution in [2.45, 2.75) is 39.5 Å². The first-order valence-corrected chi connectivity index (χ1v) is 5.24. The van der Waals surface area contributed by atoms with E-state index in [1.807, 2.05) is 12.1 Å². The summed E-state index contributed by atoms with van der Waals surface area (Å²) >= 11 is 0. The summed E-state index contributed by atoms with van der Waals surface area (Å²) < 4.78 is 4.83. The summed E-state index contributed by atoms with van der Waals surface area (Å²) in [5.41, 5.74) is 2.32. The molecule has 0 atom stereocenters. The molecule has 0 fully saturated rings. The van der Waals surface area contributed by atoms with Crippen molar-refractivity contribution in [1.82, 2.24) is 0 Å². The number of benzene rings is 1. The number of rotatable bonds is 4. The van der Waals surface area contributed by atoms with Gasteiger partial charge in [0, 0.05) is 0 Å². The zero-order chi connectivity index (χ0) is 11.4. The fraction of sp³-hybridized carbons (Fsp3) is 0.462. The van der Waals surface area contributed by atoms with Crippen LogP contribution in [0.4, 0.5) is 0 Å². The molecule has 0 bridgehead atoms. The highest BCUT2D eigenvalue weighted by molar-refractivity contribution is 5.50. The van der Waals surface area contributed by atoms with E-state index in [1.165, 1.54) is 12.0 Å². The van der Waals surface area contributed by atoms with Crippen molar-refractivity contribution in [3.8, 4) is 5.75 Å². The van der Waals surface area contributed by atoms with E-state index in [-0.39, 0.29) is 0 Å². The number of carbonyl (C=O) groups excluding carboxylic acids is 1. The lowest BCUT2D eigenvalue weighted by Crippen LogP contribution is -1.99. The maximum absolute atomic E-state index is 10.2. The largest absolute Gasteiger partial charge is 0.423 e. The van der Waals surface area contributed by atoms with Gasteiger partial charge in [-0.05, 0) is 29.0 Å². The van der Waals surface area contributed by atoms with E-state index >= 15 is 0 Å². The maximum Gasteiger partial charge on any atom is 0.423 e. The lowest BCUT2D eigenvalue weighted by Gasteiger charge is -2.14. The van der Waals surface area contributed by atoms with Crippen LogP contribution in [0.15, 0.2) is 18.2 Å². The molecular formula is C13H17O2. The quantitative estimate of drug-likeness (QED) is 0.753. The predicted molar refractivity (Wildman–Crippen MR) is 60.9 cm³/mol. The third-order valence-electron chi connectivity index (χ3n) is 2.47. The monoisotopic (exact) mass is 205 g/mol. The van der Waals surface area contributed by atoms with E-state index in [2.05, 4.69) is 33.8 Å². The first-order chi connectivity index (χ1) is 7.06. The molecule has 0 saturated heterocycles. The van der Waals surface area contributed by atoms with Crippen LogP contribution in [-0.2, 0) is 4.79 Å². The Morgan fingerprint density at radius 2 is 1.80 bits per heavy atom. The standard InChI is InChI=1S/C13H17O2/c1-9(2)11-5-6-13(15-8-14)12(7-11)10(3)4/h5-7,9-10H,1-4H3. The second kappa shape index (κ2) is 4.96. The fourth-order valence-corrected chi connectivity index (χ4v) is 1.52. The van der Waals surface area contributed by atoms with Gasteiger partial charge in [-0.15, -0.1) is 0 Å². The van der Waals surface area contributed by atoms with Crippen molar-refractivity contribution >= 4 is 6.47 Å². The minimum Gasteiger partial charge on any atom is -0.418 e. The molecule has 2 heteroatoms. The molecular weight excluding hydrogens is 188 g/mol. The predicted octanol–water partition coefficient (Wildman–Crippen LogP) is 3.38. The van der Waals surface area contributed by atoms with Crippen molar-refractivity contribution < 1.29 is 9.53 Å². The van der Waals surface area contributed by atoms with Crippen molar-refractivity contribution in [3.05, 3.63) is 29.3 Å². The zero-order valence-corrected chi connectivity index (χ0v) is 9.70. The molecule has 0 aliphatic heterocycles. The zero-order valence-electron chi connectivity index (χ0n) is 9.70. The molecule has 0 heterocycles. The van der Waals surface area contributed by atoms with Crippen LogP contribution in [0.5, 0.6) is 5.75 Å². The van der Waals surface area contributed by atoms with E-state index in [1.54, 1.807) is 0 Å². The Kier molecular flexibility index (Phi) is 3.89. The van der Waals surface area contributed by atoms with Crippen LogP contribution < -0.4 is 4.74 Å². The molecule has 0 N–H and O–H groups in total. The van der Waals surface area contributed by atoms with Gasteiger partial charge in [0.25, 0.3) is 0 Å². The van der Waals surface area contributed by atoms with E-state index in [4.69, 9.17) is 4.74 Å². The summed E-state index contributed by atoms with van der Waals surface area (Å²) in [5.74, 6) is 1.44. The van der Waals surface area contributed by atoms with Gasteiger partial charge in [-0.1, -0.05) is 39.8 Å². The molecule has 15 heavy (non-hydrogen) atoms. The normalized spacial score (nSPS) is 10.8. The highest BCUT2D eigenvalue weighted by atomic mass is 16.5. The van der Waals surface area contributed by atoms with Gasteiger partial charge in [-0.3, -0.25) is 0 Å². The molecule has 1 radical (unpaired) electrons. The molecule has 1 aromatic rings. The maximum atomic E-state index is 10.2. The van der Waals surface area contributed by atoms with Crippen LogP contribution in [0, 0.1) is 0 Å². The first kappa shape index (κ1) is 11.8. The van der Waals surface area contributed by atoms with Gasteiger partial charge in [0.15, 0.2) is 0 Å². The van der Waals surface area contributed by atoms with Crippen molar-refractivity contribution in [1.29, 1.82) is 0 Å². The van der Waals surface area contributed by atoms with Crippen LogP contribution in [0.1, 0.15) is 50.7 Å². The molecule has 1 rings (SSSR count). The highest BCUT2D eigenvalue weighted by Gasteiger charge is 2.10. The lowest BCUT2D eigenvalue weighted by atomic mass is 9.95. The molecule has 0 aliphatic rings. The van der Waals surface area contributed by atoms with Gasteiger partial charge >= 0.3 is 6.47 Å². The van der Waals surface area contributed by atoms with E-state index in [9.17, 15) is 4.79 Å². The molecule has 0 unspecified atom stereocenters. The van der Waals surface area contributed by atoms with E-state index in [0.29, 0.717) is 17.6 Å². The van der Waals surface area contributed by atoms with Crippen molar-refractivity contribution in [2.75, 3.05) is 0 Å². The van der Waals surface area contributed by atoms with Crippen LogP contribution in [0.25, 0.3) is 0 Å². The Labute approximate surface area is 91.3 Å². The Morgan fingerprint density at radius 3 is 2.27 bits per heavy atom. The topological polar surface area (TPSA) is 26.3 Å². The van der Waals surface area contributed by atoms with Gasteiger partial charge in [0.2, 0.25) is 0 Å². The Morgan fingerprint density at radius 1 is 1.13 bits per heavy atom. The fourth-order valence-electron chi connectivity index (χ4n) is 1.52. The summed E-state index contributed by atoms with van der Waals surface area (Å²) in [7, 11) is 0. The minimum absolute atomic E-state index is 0.340. The Hall–Kier alpha value is -1.31. The number of hydrogen-bond donors (Lipinski definition) is 0. The average Bonchev–Trinajstić information content (AvgIpc) is 2.18. The van der Waals surface area contributed by atoms with Gasteiger partial charge in [-0.2, -0.15) is 0 Å². The Balaban J connectivity index is 3.14. The number of ether oxygens (including phenoxy) is 1. The van der Waals surface area contributed by atoms with Gasteiger partial charge in [0.1, 0.15) is 5.75 Å². The van der Waals surface area contributed by atoms with Gasteiger partial charge in [-0.25, -0.2) is 4.79 Å². The van der Waals surface area contributed by atoms with Crippen molar-refractivity contribution in [2.24, 2.45) is 0 Å². The SMILES string of the molecule is CC(C)c1ccc(O[C]=O)c(C(C)C)c1. The van der Waals surface area contributed by atoms with Crippen LogP contribution in [0.2, 0.25) is 0 Å². The van der Waals surface area contributed by atoms with Gasteiger partial charge in [0.05, 0.1) is 0 Å². The molecule has 2 nitrogen and oxygen atoms in total. The summed E-state index contributed by atoms with van der Waals surface area (Å²) in [5, 5.41) is 0. The third kappa shape index (κ3) is 2.82. The summed E-state index contributed by atoms with van der Waals surface area (Å²) in [6.45, 7) is 9.93. The summed E-state index contributed by atoms with van der Waals surface area (Å²) in [6.07, 6.45) is 0. The first-order valence-electron chi connectivity index (χ1n) is 5.24. The molecule has 0 spiro atoms. The minimum atomic E-state index is 0.340. The van der Waals surface area contributed by atoms with Crippen LogP contribution >= 0.6 is 0 Å².